The minimum atomic E-state index is -3.87. The van der Waals surface area contributed by atoms with E-state index in [0.29, 0.717) is 5.69 Å². The van der Waals surface area contributed by atoms with E-state index >= 15 is 0 Å². The molecule has 0 spiro atoms. The van der Waals surface area contributed by atoms with Gasteiger partial charge < -0.3 is 10.2 Å². The molecule has 0 aliphatic heterocycles. The van der Waals surface area contributed by atoms with Gasteiger partial charge in [-0.15, -0.1) is 0 Å². The first-order valence-electron chi connectivity index (χ1n) is 12.4. The van der Waals surface area contributed by atoms with Crippen LogP contribution in [0.4, 0.5) is 10.1 Å². The Kier molecular flexibility index (Phi) is 10.1. The summed E-state index contributed by atoms with van der Waals surface area (Å²) in [5, 5.41) is 2.94. The van der Waals surface area contributed by atoms with Gasteiger partial charge in [-0.05, 0) is 79.3 Å². The van der Waals surface area contributed by atoms with Crippen molar-refractivity contribution in [1.29, 1.82) is 0 Å². The Morgan fingerprint density at radius 2 is 1.54 bits per heavy atom. The van der Waals surface area contributed by atoms with Gasteiger partial charge in [0.1, 0.15) is 18.4 Å². The van der Waals surface area contributed by atoms with Crippen LogP contribution < -0.4 is 9.62 Å². The summed E-state index contributed by atoms with van der Waals surface area (Å²) in [7, 11) is -3.87. The highest BCUT2D eigenvalue weighted by molar-refractivity contribution is 14.1. The summed E-state index contributed by atoms with van der Waals surface area (Å²) in [4.78, 5) is 28.9. The molecule has 0 saturated heterocycles. The first-order chi connectivity index (χ1) is 18.2. The topological polar surface area (TPSA) is 86.8 Å². The van der Waals surface area contributed by atoms with Gasteiger partial charge in [0.2, 0.25) is 21.8 Å². The lowest BCUT2D eigenvalue weighted by Gasteiger charge is -2.35. The molecule has 1 N–H and O–H groups in total. The van der Waals surface area contributed by atoms with Crippen molar-refractivity contribution >= 4 is 50.1 Å². The predicted molar refractivity (Wildman–Crippen MR) is 160 cm³/mol. The number of amides is 2. The molecule has 0 saturated carbocycles. The fourth-order valence-corrected chi connectivity index (χ4v) is 5.25. The van der Waals surface area contributed by atoms with Gasteiger partial charge in [0.05, 0.1) is 11.9 Å². The lowest BCUT2D eigenvalue weighted by Crippen LogP contribution is -2.56. The molecule has 7 nitrogen and oxygen atoms in total. The number of nitrogens with zero attached hydrogens (tertiary/aromatic N) is 2. The summed E-state index contributed by atoms with van der Waals surface area (Å²) in [5.41, 5.74) is 0.734. The summed E-state index contributed by atoms with van der Waals surface area (Å²) >= 11 is 2.11. The molecule has 0 fully saturated rings. The average molecular weight is 666 g/mol. The van der Waals surface area contributed by atoms with Gasteiger partial charge in [-0.25, -0.2) is 12.8 Å². The Bertz CT molecular complexity index is 1390. The molecule has 0 bridgehead atoms. The first kappa shape index (κ1) is 30.6. The SMILES string of the molecule is CC(C)(C)NC(=O)C(Cc1ccccc1)N(Cc1ccccc1F)C(=O)CN(c1ccc(I)cc1)S(C)(=O)=O. The van der Waals surface area contributed by atoms with Crippen LogP contribution in [0.2, 0.25) is 0 Å². The molecule has 3 aromatic carbocycles. The molecule has 1 atom stereocenters. The Balaban J connectivity index is 2.08. The van der Waals surface area contributed by atoms with Gasteiger partial charge in [0.25, 0.3) is 0 Å². The van der Waals surface area contributed by atoms with E-state index in [1.807, 2.05) is 51.1 Å². The van der Waals surface area contributed by atoms with Crippen LogP contribution in [-0.4, -0.2) is 49.5 Å². The summed E-state index contributed by atoms with van der Waals surface area (Å²) in [5.74, 6) is -1.58. The van der Waals surface area contributed by atoms with E-state index in [0.717, 1.165) is 19.7 Å². The van der Waals surface area contributed by atoms with Crippen molar-refractivity contribution in [2.24, 2.45) is 0 Å². The zero-order chi connectivity index (χ0) is 28.8. The Morgan fingerprint density at radius 1 is 0.949 bits per heavy atom. The third-order valence-corrected chi connectivity index (χ3v) is 7.72. The van der Waals surface area contributed by atoms with Crippen LogP contribution in [0.1, 0.15) is 31.9 Å². The number of anilines is 1. The molecule has 10 heteroatoms. The number of sulfonamides is 1. The van der Waals surface area contributed by atoms with E-state index in [9.17, 15) is 22.4 Å². The van der Waals surface area contributed by atoms with Crippen molar-refractivity contribution in [3.05, 3.63) is 99.4 Å². The van der Waals surface area contributed by atoms with Gasteiger partial charge in [0.15, 0.2) is 0 Å². The maximum atomic E-state index is 14.8. The molecule has 3 rings (SSSR count). The Labute approximate surface area is 243 Å². The summed E-state index contributed by atoms with van der Waals surface area (Å²) in [6.07, 6.45) is 1.18. The van der Waals surface area contributed by atoms with E-state index in [2.05, 4.69) is 27.9 Å². The van der Waals surface area contributed by atoms with Crippen LogP contribution in [0.15, 0.2) is 78.9 Å². The molecule has 3 aromatic rings. The van der Waals surface area contributed by atoms with Gasteiger partial charge in [-0.3, -0.25) is 13.9 Å². The van der Waals surface area contributed by atoms with E-state index in [1.165, 1.54) is 11.0 Å². The third kappa shape index (κ3) is 9.03. The standard InChI is InChI=1S/C29H33FIN3O4S/c1-29(2,3)32-28(36)26(18-21-10-6-5-7-11-21)33(19-22-12-8-9-13-25(22)30)27(35)20-34(39(4,37)38)24-16-14-23(31)15-17-24/h5-17,26H,18-20H2,1-4H3,(H,32,36). The van der Waals surface area contributed by atoms with Crippen molar-refractivity contribution in [3.63, 3.8) is 0 Å². The second-order valence-corrected chi connectivity index (χ2v) is 13.5. The number of halogens is 2. The lowest BCUT2D eigenvalue weighted by atomic mass is 10.0. The smallest absolute Gasteiger partial charge is 0.244 e. The summed E-state index contributed by atoms with van der Waals surface area (Å²) < 4.78 is 42.3. The molecule has 0 aliphatic rings. The van der Waals surface area contributed by atoms with Crippen LogP contribution in [0.3, 0.4) is 0 Å². The fraction of sp³-hybridized carbons (Fsp3) is 0.310. The number of hydrogen-bond donors (Lipinski definition) is 1. The third-order valence-electron chi connectivity index (χ3n) is 5.86. The summed E-state index contributed by atoms with van der Waals surface area (Å²) in [6, 6.07) is 20.9. The highest BCUT2D eigenvalue weighted by Gasteiger charge is 2.34. The largest absolute Gasteiger partial charge is 0.350 e. The number of carbonyl (C=O) groups excluding carboxylic acids is 2. The molecule has 1 unspecified atom stereocenters. The quantitative estimate of drug-likeness (QED) is 0.317. The monoisotopic (exact) mass is 665 g/mol. The first-order valence-corrected chi connectivity index (χ1v) is 15.3. The fourth-order valence-electron chi connectivity index (χ4n) is 4.04. The number of benzene rings is 3. The van der Waals surface area contributed by atoms with Crippen molar-refractivity contribution in [3.8, 4) is 0 Å². The molecule has 39 heavy (non-hydrogen) atoms. The number of hydrogen-bond acceptors (Lipinski definition) is 4. The maximum Gasteiger partial charge on any atom is 0.244 e. The van der Waals surface area contributed by atoms with Crippen LogP contribution in [0.5, 0.6) is 0 Å². The van der Waals surface area contributed by atoms with Crippen molar-refractivity contribution in [2.45, 2.75) is 45.3 Å². The second kappa shape index (κ2) is 12.9. The molecule has 208 valence electrons. The highest BCUT2D eigenvalue weighted by Crippen LogP contribution is 2.22. The van der Waals surface area contributed by atoms with Gasteiger partial charge in [0, 0.05) is 27.6 Å². The number of nitrogens with one attached hydrogen (secondary N) is 1. The molecule has 2 amide bonds. The van der Waals surface area contributed by atoms with Gasteiger partial charge in [-0.1, -0.05) is 48.5 Å². The summed E-state index contributed by atoms with van der Waals surface area (Å²) in [6.45, 7) is 4.72. The van der Waals surface area contributed by atoms with E-state index in [1.54, 1.807) is 42.5 Å². The van der Waals surface area contributed by atoms with Crippen molar-refractivity contribution < 1.29 is 22.4 Å². The molecule has 0 aliphatic carbocycles. The zero-order valence-corrected chi connectivity index (χ0v) is 25.4. The van der Waals surface area contributed by atoms with Crippen LogP contribution >= 0.6 is 22.6 Å². The minimum absolute atomic E-state index is 0.158. The highest BCUT2D eigenvalue weighted by atomic mass is 127. The molecule has 0 radical (unpaired) electrons. The Morgan fingerprint density at radius 3 is 2.10 bits per heavy atom. The normalized spacial score (nSPS) is 12.5. The van der Waals surface area contributed by atoms with Crippen molar-refractivity contribution in [2.75, 3.05) is 17.1 Å². The van der Waals surface area contributed by atoms with Gasteiger partial charge >= 0.3 is 0 Å². The van der Waals surface area contributed by atoms with Crippen LogP contribution in [0.25, 0.3) is 0 Å². The van der Waals surface area contributed by atoms with Crippen LogP contribution in [-0.2, 0) is 32.6 Å². The zero-order valence-electron chi connectivity index (χ0n) is 22.4. The number of carbonyl (C=O) groups is 2. The maximum absolute atomic E-state index is 14.8. The molecule has 0 heterocycles. The van der Waals surface area contributed by atoms with E-state index < -0.39 is 45.8 Å². The van der Waals surface area contributed by atoms with E-state index in [4.69, 9.17) is 0 Å². The van der Waals surface area contributed by atoms with E-state index in [-0.39, 0.29) is 18.5 Å². The second-order valence-electron chi connectivity index (χ2n) is 10.3. The van der Waals surface area contributed by atoms with Crippen molar-refractivity contribution in [1.82, 2.24) is 10.2 Å². The lowest BCUT2D eigenvalue weighted by molar-refractivity contribution is -0.140. The molecular weight excluding hydrogens is 632 g/mol. The minimum Gasteiger partial charge on any atom is -0.350 e. The predicted octanol–water partition coefficient (Wildman–Crippen LogP) is 4.75. The average Bonchev–Trinajstić information content (AvgIpc) is 2.85. The van der Waals surface area contributed by atoms with Gasteiger partial charge in [-0.2, -0.15) is 0 Å². The number of rotatable bonds is 10. The molecule has 0 aromatic heterocycles. The molecular formula is C29H33FIN3O4S. The van der Waals surface area contributed by atoms with Crippen LogP contribution in [0, 0.1) is 9.39 Å². The Hall–Kier alpha value is -2.99.